The van der Waals surface area contributed by atoms with Crippen LogP contribution in [0, 0.1) is 0 Å². The van der Waals surface area contributed by atoms with E-state index in [2.05, 4.69) is 0 Å². The molecule has 1 aromatic carbocycles. The molecule has 16 heavy (non-hydrogen) atoms. The molecular formula is C12H14FNO2. The summed E-state index contributed by atoms with van der Waals surface area (Å²) < 4.78 is 12.3. The maximum atomic E-state index is 12.3. The third-order valence-corrected chi connectivity index (χ3v) is 2.68. The van der Waals surface area contributed by atoms with Gasteiger partial charge in [0, 0.05) is 11.7 Å². The zero-order valence-electron chi connectivity index (χ0n) is 8.90. The van der Waals surface area contributed by atoms with Gasteiger partial charge in [0.25, 0.3) is 5.91 Å². The van der Waals surface area contributed by atoms with Crippen molar-refractivity contribution >= 4 is 11.6 Å². The van der Waals surface area contributed by atoms with Crippen molar-refractivity contribution in [3.05, 3.63) is 29.8 Å². The van der Waals surface area contributed by atoms with Crippen molar-refractivity contribution in [2.75, 3.05) is 11.5 Å². The van der Waals surface area contributed by atoms with E-state index in [4.69, 9.17) is 5.11 Å². The molecule has 2 rings (SSSR count). The van der Waals surface area contributed by atoms with Crippen LogP contribution in [-0.4, -0.2) is 23.7 Å². The fourth-order valence-corrected chi connectivity index (χ4v) is 1.71. The first-order valence-electron chi connectivity index (χ1n) is 5.34. The molecule has 4 heteroatoms. The second kappa shape index (κ2) is 4.61. The van der Waals surface area contributed by atoms with Crippen molar-refractivity contribution in [1.82, 2.24) is 0 Å². The SMILES string of the molecule is O=C(CO)N(c1ccc(CF)cc1)C1CC1. The number of carbonyl (C=O) groups is 1. The summed E-state index contributed by atoms with van der Waals surface area (Å²) in [4.78, 5) is 13.1. The average Bonchev–Trinajstić information content (AvgIpc) is 3.14. The number of carbonyl (C=O) groups excluding carboxylic acids is 1. The summed E-state index contributed by atoms with van der Waals surface area (Å²) in [5.74, 6) is -0.296. The van der Waals surface area contributed by atoms with Crippen LogP contribution in [0.2, 0.25) is 0 Å². The molecule has 1 N–H and O–H groups in total. The van der Waals surface area contributed by atoms with E-state index in [1.54, 1.807) is 29.2 Å². The number of rotatable bonds is 4. The molecule has 0 aliphatic heterocycles. The summed E-state index contributed by atoms with van der Waals surface area (Å²) in [5, 5.41) is 8.89. The summed E-state index contributed by atoms with van der Waals surface area (Å²) in [6, 6.07) is 6.97. The highest BCUT2D eigenvalue weighted by Crippen LogP contribution is 2.31. The van der Waals surface area contributed by atoms with Crippen molar-refractivity contribution in [2.24, 2.45) is 0 Å². The Morgan fingerprint density at radius 1 is 1.38 bits per heavy atom. The third kappa shape index (κ3) is 2.22. The molecule has 0 spiro atoms. The first kappa shape index (κ1) is 11.1. The molecule has 86 valence electrons. The molecular weight excluding hydrogens is 209 g/mol. The Labute approximate surface area is 93.5 Å². The Balaban J connectivity index is 2.21. The highest BCUT2D eigenvalue weighted by atomic mass is 19.1. The summed E-state index contributed by atoms with van der Waals surface area (Å²) in [7, 11) is 0. The number of halogens is 1. The minimum atomic E-state index is -0.502. The first-order valence-corrected chi connectivity index (χ1v) is 5.34. The van der Waals surface area contributed by atoms with Crippen LogP contribution in [0.15, 0.2) is 24.3 Å². The highest BCUT2D eigenvalue weighted by Gasteiger charge is 2.33. The standard InChI is InChI=1S/C12H14FNO2/c13-7-9-1-3-10(4-2-9)14(11-5-6-11)12(16)8-15/h1-4,11,15H,5-8H2. The zero-order valence-corrected chi connectivity index (χ0v) is 8.90. The lowest BCUT2D eigenvalue weighted by atomic mass is 10.2. The van der Waals surface area contributed by atoms with Gasteiger partial charge in [-0.25, -0.2) is 4.39 Å². The van der Waals surface area contributed by atoms with Gasteiger partial charge in [-0.15, -0.1) is 0 Å². The van der Waals surface area contributed by atoms with Crippen LogP contribution in [0.5, 0.6) is 0 Å². The summed E-state index contributed by atoms with van der Waals surface area (Å²) in [6.45, 7) is -0.987. The van der Waals surface area contributed by atoms with E-state index in [9.17, 15) is 9.18 Å². The Morgan fingerprint density at radius 3 is 2.44 bits per heavy atom. The maximum absolute atomic E-state index is 12.3. The van der Waals surface area contributed by atoms with Gasteiger partial charge < -0.3 is 10.0 Å². The molecule has 0 saturated heterocycles. The number of alkyl halides is 1. The van der Waals surface area contributed by atoms with Gasteiger partial charge in [0.05, 0.1) is 0 Å². The summed E-state index contributed by atoms with van der Waals surface area (Å²) >= 11 is 0. The predicted octanol–water partition coefficient (Wildman–Crippen LogP) is 1.64. The molecule has 1 fully saturated rings. The Kier molecular flexibility index (Phi) is 3.19. The molecule has 1 aliphatic rings. The number of amides is 1. The molecule has 1 aromatic rings. The van der Waals surface area contributed by atoms with Crippen molar-refractivity contribution < 1.29 is 14.3 Å². The molecule has 1 aliphatic carbocycles. The molecule has 0 unspecified atom stereocenters. The molecule has 0 atom stereocenters. The lowest BCUT2D eigenvalue weighted by molar-refractivity contribution is -0.121. The molecule has 3 nitrogen and oxygen atoms in total. The number of benzene rings is 1. The minimum absolute atomic E-state index is 0.205. The normalized spacial score (nSPS) is 14.9. The smallest absolute Gasteiger partial charge is 0.252 e. The van der Waals surface area contributed by atoms with Crippen molar-refractivity contribution in [2.45, 2.75) is 25.6 Å². The van der Waals surface area contributed by atoms with E-state index in [1.165, 1.54) is 0 Å². The third-order valence-electron chi connectivity index (χ3n) is 2.68. The van der Waals surface area contributed by atoms with E-state index in [1.807, 2.05) is 0 Å². The van der Waals surface area contributed by atoms with E-state index >= 15 is 0 Å². The van der Waals surface area contributed by atoms with Crippen LogP contribution in [0.25, 0.3) is 0 Å². The monoisotopic (exact) mass is 223 g/mol. The molecule has 0 heterocycles. The van der Waals surface area contributed by atoms with Crippen molar-refractivity contribution in [3.63, 3.8) is 0 Å². The second-order valence-corrected chi connectivity index (χ2v) is 3.95. The number of nitrogens with zero attached hydrogens (tertiary/aromatic N) is 1. The fourth-order valence-electron chi connectivity index (χ4n) is 1.71. The van der Waals surface area contributed by atoms with Crippen molar-refractivity contribution in [1.29, 1.82) is 0 Å². The first-order chi connectivity index (χ1) is 7.76. The van der Waals surface area contributed by atoms with Gasteiger partial charge in [-0.05, 0) is 30.5 Å². The van der Waals surface area contributed by atoms with Gasteiger partial charge >= 0.3 is 0 Å². The number of hydrogen-bond donors (Lipinski definition) is 1. The fraction of sp³-hybridized carbons (Fsp3) is 0.417. The van der Waals surface area contributed by atoms with E-state index < -0.39 is 13.3 Å². The topological polar surface area (TPSA) is 40.5 Å². The average molecular weight is 223 g/mol. The molecule has 0 radical (unpaired) electrons. The van der Waals surface area contributed by atoms with E-state index in [-0.39, 0.29) is 11.9 Å². The number of hydrogen-bond acceptors (Lipinski definition) is 2. The second-order valence-electron chi connectivity index (χ2n) is 3.95. The quantitative estimate of drug-likeness (QED) is 0.843. The molecule has 0 aromatic heterocycles. The number of anilines is 1. The molecule has 1 saturated carbocycles. The Morgan fingerprint density at radius 2 is 2.00 bits per heavy atom. The maximum Gasteiger partial charge on any atom is 0.252 e. The minimum Gasteiger partial charge on any atom is -0.387 e. The van der Waals surface area contributed by atoms with Gasteiger partial charge in [0.1, 0.15) is 13.3 Å². The Bertz CT molecular complexity index is 373. The predicted molar refractivity (Wildman–Crippen MR) is 58.8 cm³/mol. The van der Waals surface area contributed by atoms with Gasteiger partial charge in [-0.2, -0.15) is 0 Å². The van der Waals surface area contributed by atoms with Crippen LogP contribution in [-0.2, 0) is 11.5 Å². The zero-order chi connectivity index (χ0) is 11.5. The van der Waals surface area contributed by atoms with Crippen LogP contribution in [0.1, 0.15) is 18.4 Å². The van der Waals surface area contributed by atoms with Gasteiger partial charge in [0.15, 0.2) is 0 Å². The van der Waals surface area contributed by atoms with Crippen LogP contribution < -0.4 is 4.90 Å². The van der Waals surface area contributed by atoms with Gasteiger partial charge in [0.2, 0.25) is 0 Å². The molecule has 1 amide bonds. The van der Waals surface area contributed by atoms with Gasteiger partial charge in [-0.1, -0.05) is 12.1 Å². The lowest BCUT2D eigenvalue weighted by Crippen LogP contribution is -2.35. The highest BCUT2D eigenvalue weighted by molar-refractivity contribution is 5.95. The van der Waals surface area contributed by atoms with Gasteiger partial charge in [-0.3, -0.25) is 4.79 Å². The van der Waals surface area contributed by atoms with Crippen LogP contribution >= 0.6 is 0 Å². The largest absolute Gasteiger partial charge is 0.387 e. The number of aliphatic hydroxyl groups excluding tert-OH is 1. The Hall–Kier alpha value is -1.42. The summed E-state index contributed by atoms with van der Waals surface area (Å²) in [6.07, 6.45) is 1.94. The summed E-state index contributed by atoms with van der Waals surface area (Å²) in [5.41, 5.74) is 1.33. The van der Waals surface area contributed by atoms with Crippen LogP contribution in [0.4, 0.5) is 10.1 Å². The van der Waals surface area contributed by atoms with E-state index in [0.29, 0.717) is 5.56 Å². The van der Waals surface area contributed by atoms with E-state index in [0.717, 1.165) is 18.5 Å². The van der Waals surface area contributed by atoms with Crippen molar-refractivity contribution in [3.8, 4) is 0 Å². The number of aliphatic hydroxyl groups is 1. The van der Waals surface area contributed by atoms with Crippen LogP contribution in [0.3, 0.4) is 0 Å². The molecule has 0 bridgehead atoms. The lowest BCUT2D eigenvalue weighted by Gasteiger charge is -2.21.